The molecule has 2 unspecified atom stereocenters. The van der Waals surface area contributed by atoms with Crippen LogP contribution in [-0.2, 0) is 6.42 Å². The molecule has 1 aromatic rings. The molecular weight excluding hydrogens is 244 g/mol. The Labute approximate surface area is 114 Å². The minimum Gasteiger partial charge on any atom is -0.493 e. The lowest BCUT2D eigenvalue weighted by Crippen LogP contribution is -2.21. The van der Waals surface area contributed by atoms with Crippen LogP contribution in [0.5, 0.6) is 5.75 Å². The van der Waals surface area contributed by atoms with E-state index in [1.165, 1.54) is 30.4 Å². The summed E-state index contributed by atoms with van der Waals surface area (Å²) in [5.74, 6) is 1.65. The average molecular weight is 265 g/mol. The molecule has 1 aliphatic carbocycles. The van der Waals surface area contributed by atoms with Crippen LogP contribution in [0.2, 0.25) is 0 Å². The van der Waals surface area contributed by atoms with Gasteiger partial charge in [-0.15, -0.1) is 11.6 Å². The van der Waals surface area contributed by atoms with E-state index in [0.717, 1.165) is 18.8 Å². The van der Waals surface area contributed by atoms with Gasteiger partial charge in [0.25, 0.3) is 0 Å². The maximum atomic E-state index is 6.76. The normalized spacial score (nSPS) is 26.7. The smallest absolute Gasteiger partial charge is 0.122 e. The molecule has 0 spiro atoms. The zero-order chi connectivity index (χ0) is 12.8. The third-order valence-electron chi connectivity index (χ3n) is 4.73. The van der Waals surface area contributed by atoms with Gasteiger partial charge in [0.05, 0.1) is 12.0 Å². The molecule has 98 valence electrons. The average Bonchev–Trinajstić information content (AvgIpc) is 2.92. The van der Waals surface area contributed by atoms with Crippen molar-refractivity contribution in [2.75, 3.05) is 6.61 Å². The van der Waals surface area contributed by atoms with Crippen LogP contribution in [0.4, 0.5) is 0 Å². The zero-order valence-corrected chi connectivity index (χ0v) is 12.0. The first-order valence-electron chi connectivity index (χ1n) is 6.98. The van der Waals surface area contributed by atoms with Gasteiger partial charge in [0.15, 0.2) is 0 Å². The topological polar surface area (TPSA) is 9.23 Å². The van der Waals surface area contributed by atoms with Crippen LogP contribution >= 0.6 is 11.6 Å². The SMILES string of the molecule is CC1(C)CCCC1C(Cl)c1ccc2c(c1)CCO2. The van der Waals surface area contributed by atoms with Crippen LogP contribution in [0.3, 0.4) is 0 Å². The number of hydrogen-bond donors (Lipinski definition) is 0. The summed E-state index contributed by atoms with van der Waals surface area (Å²) in [5.41, 5.74) is 2.98. The third kappa shape index (κ3) is 2.03. The molecule has 2 aliphatic rings. The lowest BCUT2D eigenvalue weighted by atomic mass is 9.78. The summed E-state index contributed by atoms with van der Waals surface area (Å²) < 4.78 is 5.56. The van der Waals surface area contributed by atoms with Crippen LogP contribution in [0.1, 0.15) is 49.6 Å². The van der Waals surface area contributed by atoms with E-state index < -0.39 is 0 Å². The number of alkyl halides is 1. The highest BCUT2D eigenvalue weighted by Gasteiger charge is 2.39. The Morgan fingerprint density at radius 1 is 1.39 bits per heavy atom. The third-order valence-corrected chi connectivity index (χ3v) is 5.28. The van der Waals surface area contributed by atoms with Gasteiger partial charge in [-0.2, -0.15) is 0 Å². The van der Waals surface area contributed by atoms with E-state index in [1.807, 2.05) is 0 Å². The molecule has 0 aromatic heterocycles. The molecule has 3 rings (SSSR count). The Balaban J connectivity index is 1.86. The minimum absolute atomic E-state index is 0.147. The van der Waals surface area contributed by atoms with Crippen molar-refractivity contribution in [2.45, 2.75) is 44.9 Å². The maximum Gasteiger partial charge on any atom is 0.122 e. The summed E-state index contributed by atoms with van der Waals surface area (Å²) in [5, 5.41) is 0.147. The zero-order valence-electron chi connectivity index (χ0n) is 11.2. The molecule has 2 atom stereocenters. The molecule has 1 heterocycles. The molecule has 0 amide bonds. The van der Waals surface area contributed by atoms with Gasteiger partial charge < -0.3 is 4.74 Å². The number of rotatable bonds is 2. The second-order valence-corrected chi connectivity index (χ2v) is 6.82. The van der Waals surface area contributed by atoms with Gasteiger partial charge in [-0.1, -0.05) is 32.4 Å². The number of fused-ring (bicyclic) bond motifs is 1. The van der Waals surface area contributed by atoms with Crippen molar-refractivity contribution in [3.8, 4) is 5.75 Å². The van der Waals surface area contributed by atoms with Crippen molar-refractivity contribution in [3.63, 3.8) is 0 Å². The van der Waals surface area contributed by atoms with Crippen molar-refractivity contribution in [3.05, 3.63) is 29.3 Å². The van der Waals surface area contributed by atoms with Gasteiger partial charge >= 0.3 is 0 Å². The van der Waals surface area contributed by atoms with Gasteiger partial charge in [-0.25, -0.2) is 0 Å². The first kappa shape index (κ1) is 12.3. The number of hydrogen-bond acceptors (Lipinski definition) is 1. The summed E-state index contributed by atoms with van der Waals surface area (Å²) >= 11 is 6.76. The van der Waals surface area contributed by atoms with E-state index in [4.69, 9.17) is 16.3 Å². The molecule has 1 aliphatic heterocycles. The second-order valence-electron chi connectivity index (χ2n) is 6.35. The van der Waals surface area contributed by atoms with Gasteiger partial charge in [-0.3, -0.25) is 0 Å². The van der Waals surface area contributed by atoms with Crippen LogP contribution in [0.15, 0.2) is 18.2 Å². The number of benzene rings is 1. The van der Waals surface area contributed by atoms with Crippen LogP contribution in [-0.4, -0.2) is 6.61 Å². The quantitative estimate of drug-likeness (QED) is 0.702. The summed E-state index contributed by atoms with van der Waals surface area (Å²) in [7, 11) is 0. The van der Waals surface area contributed by atoms with Crippen molar-refractivity contribution in [2.24, 2.45) is 11.3 Å². The molecule has 2 heteroatoms. The first-order valence-corrected chi connectivity index (χ1v) is 7.41. The molecule has 0 bridgehead atoms. The molecule has 18 heavy (non-hydrogen) atoms. The molecule has 0 radical (unpaired) electrons. The number of halogens is 1. The van der Waals surface area contributed by atoms with E-state index in [2.05, 4.69) is 32.0 Å². The summed E-state index contributed by atoms with van der Waals surface area (Å²) in [4.78, 5) is 0. The van der Waals surface area contributed by atoms with Crippen molar-refractivity contribution in [1.29, 1.82) is 0 Å². The molecule has 1 nitrogen and oxygen atoms in total. The van der Waals surface area contributed by atoms with Crippen molar-refractivity contribution in [1.82, 2.24) is 0 Å². The molecule has 1 fully saturated rings. The largest absolute Gasteiger partial charge is 0.493 e. The molecule has 1 saturated carbocycles. The van der Waals surface area contributed by atoms with E-state index in [1.54, 1.807) is 0 Å². The Morgan fingerprint density at radius 3 is 2.94 bits per heavy atom. The highest BCUT2D eigenvalue weighted by molar-refractivity contribution is 6.21. The Kier molecular flexibility index (Phi) is 3.05. The summed E-state index contributed by atoms with van der Waals surface area (Å²) in [6.07, 6.45) is 4.90. The van der Waals surface area contributed by atoms with E-state index >= 15 is 0 Å². The first-order chi connectivity index (χ1) is 8.58. The fraction of sp³-hybridized carbons (Fsp3) is 0.625. The highest BCUT2D eigenvalue weighted by Crippen LogP contribution is 2.51. The molecule has 1 aromatic carbocycles. The second kappa shape index (κ2) is 4.45. The van der Waals surface area contributed by atoms with Gasteiger partial charge in [0, 0.05) is 6.42 Å². The standard InChI is InChI=1S/C16H21ClO/c1-16(2)8-3-4-13(16)15(17)12-5-6-14-11(10-12)7-9-18-14/h5-6,10,13,15H,3-4,7-9H2,1-2H3. The lowest BCUT2D eigenvalue weighted by Gasteiger charge is -2.31. The Hall–Kier alpha value is -0.690. The lowest BCUT2D eigenvalue weighted by molar-refractivity contribution is 0.252. The fourth-order valence-electron chi connectivity index (χ4n) is 3.51. The van der Waals surface area contributed by atoms with Crippen LogP contribution < -0.4 is 4.74 Å². The minimum atomic E-state index is 0.147. The summed E-state index contributed by atoms with van der Waals surface area (Å²) in [6, 6.07) is 6.50. The predicted molar refractivity (Wildman–Crippen MR) is 75.4 cm³/mol. The fourth-order valence-corrected chi connectivity index (χ4v) is 4.11. The van der Waals surface area contributed by atoms with E-state index in [0.29, 0.717) is 11.3 Å². The van der Waals surface area contributed by atoms with Gasteiger partial charge in [0.2, 0.25) is 0 Å². The van der Waals surface area contributed by atoms with Gasteiger partial charge in [-0.05, 0) is 41.4 Å². The van der Waals surface area contributed by atoms with Gasteiger partial charge in [0.1, 0.15) is 5.75 Å². The predicted octanol–water partition coefficient (Wildman–Crippen LogP) is 4.73. The monoisotopic (exact) mass is 264 g/mol. The number of ether oxygens (including phenoxy) is 1. The Bertz CT molecular complexity index is 452. The van der Waals surface area contributed by atoms with Crippen LogP contribution in [0, 0.1) is 11.3 Å². The molecule has 0 saturated heterocycles. The summed E-state index contributed by atoms with van der Waals surface area (Å²) in [6.45, 7) is 5.54. The maximum absolute atomic E-state index is 6.76. The molecule has 0 N–H and O–H groups in total. The van der Waals surface area contributed by atoms with Crippen molar-refractivity contribution < 1.29 is 4.74 Å². The van der Waals surface area contributed by atoms with E-state index in [-0.39, 0.29) is 5.38 Å². The Morgan fingerprint density at radius 2 is 2.22 bits per heavy atom. The highest BCUT2D eigenvalue weighted by atomic mass is 35.5. The van der Waals surface area contributed by atoms with E-state index in [9.17, 15) is 0 Å². The van der Waals surface area contributed by atoms with Crippen LogP contribution in [0.25, 0.3) is 0 Å². The molecular formula is C16H21ClO. The van der Waals surface area contributed by atoms with Crippen molar-refractivity contribution >= 4 is 11.6 Å².